The van der Waals surface area contributed by atoms with Crippen molar-refractivity contribution in [3.8, 4) is 5.75 Å². The summed E-state index contributed by atoms with van der Waals surface area (Å²) in [5, 5.41) is 12.1. The summed E-state index contributed by atoms with van der Waals surface area (Å²) < 4.78 is 47.6. The highest BCUT2D eigenvalue weighted by atomic mass is 35.5. The van der Waals surface area contributed by atoms with Gasteiger partial charge in [0.25, 0.3) is 15.9 Å². The van der Waals surface area contributed by atoms with Crippen molar-refractivity contribution in [3.05, 3.63) is 77.1 Å². The van der Waals surface area contributed by atoms with Gasteiger partial charge in [0.1, 0.15) is 17.7 Å². The van der Waals surface area contributed by atoms with Gasteiger partial charge in [-0.3, -0.25) is 9.10 Å². The number of nitrogens with one attached hydrogen (secondary N) is 1. The third-order valence-electron chi connectivity index (χ3n) is 4.99. The molecule has 0 unspecified atom stereocenters. The van der Waals surface area contributed by atoms with E-state index in [9.17, 15) is 22.7 Å². The fraction of sp³-hybridized carbons (Fsp3) is 0.136. The first-order chi connectivity index (χ1) is 15.7. The van der Waals surface area contributed by atoms with Gasteiger partial charge in [-0.25, -0.2) is 12.8 Å². The van der Waals surface area contributed by atoms with E-state index in [0.717, 1.165) is 10.4 Å². The summed E-state index contributed by atoms with van der Waals surface area (Å²) in [6, 6.07) is 14.0. The first kappa shape index (κ1) is 22.8. The van der Waals surface area contributed by atoms with E-state index in [1.807, 2.05) is 0 Å². The van der Waals surface area contributed by atoms with Crippen molar-refractivity contribution in [2.24, 2.45) is 0 Å². The lowest BCUT2D eigenvalue weighted by atomic mass is 10.1. The zero-order valence-electron chi connectivity index (χ0n) is 17.0. The van der Waals surface area contributed by atoms with Crippen molar-refractivity contribution in [3.63, 3.8) is 0 Å². The molecule has 3 aromatic carbocycles. The SMILES string of the molecule is Nc1cccc(S(=O)(=O)N2C[C@H](CO)Oc3ccc(NC(=O)c4c(F)cccc4Cl)cc32)c1. The van der Waals surface area contributed by atoms with Crippen LogP contribution in [0.4, 0.5) is 21.5 Å². The van der Waals surface area contributed by atoms with Crippen LogP contribution in [0.5, 0.6) is 5.75 Å². The first-order valence-corrected chi connectivity index (χ1v) is 11.6. The summed E-state index contributed by atoms with van der Waals surface area (Å²) in [5.41, 5.74) is 6.02. The zero-order valence-corrected chi connectivity index (χ0v) is 18.6. The number of fused-ring (bicyclic) bond motifs is 1. The fourth-order valence-electron chi connectivity index (χ4n) is 3.42. The second kappa shape index (κ2) is 8.89. The van der Waals surface area contributed by atoms with Gasteiger partial charge in [-0.05, 0) is 48.5 Å². The maximum atomic E-state index is 14.1. The number of ether oxygens (including phenoxy) is 1. The molecule has 0 saturated carbocycles. The molecule has 0 aromatic heterocycles. The van der Waals surface area contributed by atoms with Crippen LogP contribution in [0.3, 0.4) is 0 Å². The summed E-state index contributed by atoms with van der Waals surface area (Å²) in [6.07, 6.45) is -0.800. The lowest BCUT2D eigenvalue weighted by Gasteiger charge is -2.35. The summed E-state index contributed by atoms with van der Waals surface area (Å²) in [5.74, 6) is -1.40. The molecular formula is C22H19ClFN3O5S. The highest BCUT2D eigenvalue weighted by molar-refractivity contribution is 7.92. The number of aliphatic hydroxyl groups is 1. The van der Waals surface area contributed by atoms with Gasteiger partial charge in [0, 0.05) is 11.4 Å². The van der Waals surface area contributed by atoms with Crippen LogP contribution in [0.25, 0.3) is 0 Å². The summed E-state index contributed by atoms with van der Waals surface area (Å²) in [7, 11) is -4.08. The van der Waals surface area contributed by atoms with E-state index in [1.165, 1.54) is 48.5 Å². The third-order valence-corrected chi connectivity index (χ3v) is 7.08. The summed E-state index contributed by atoms with van der Waals surface area (Å²) in [6.45, 7) is -0.580. The number of nitrogens with zero attached hydrogens (tertiary/aromatic N) is 1. The van der Waals surface area contributed by atoms with Crippen molar-refractivity contribution in [2.45, 2.75) is 11.0 Å². The molecule has 0 bridgehead atoms. The number of hydrogen-bond acceptors (Lipinski definition) is 6. The van der Waals surface area contributed by atoms with E-state index in [4.69, 9.17) is 22.1 Å². The Morgan fingerprint density at radius 3 is 2.67 bits per heavy atom. The number of sulfonamides is 1. The van der Waals surface area contributed by atoms with Gasteiger partial charge in [0.2, 0.25) is 0 Å². The van der Waals surface area contributed by atoms with Crippen LogP contribution in [-0.2, 0) is 10.0 Å². The number of hydrogen-bond donors (Lipinski definition) is 3. The summed E-state index contributed by atoms with van der Waals surface area (Å²) >= 11 is 5.96. The Bertz CT molecular complexity index is 1320. The van der Waals surface area contributed by atoms with Crippen LogP contribution in [-0.4, -0.2) is 38.7 Å². The number of halogens is 2. The maximum absolute atomic E-state index is 14.1. The molecule has 1 heterocycles. The Kier molecular flexibility index (Phi) is 6.15. The average Bonchev–Trinajstić information content (AvgIpc) is 2.78. The molecule has 1 aliphatic rings. The quantitative estimate of drug-likeness (QED) is 0.471. The van der Waals surface area contributed by atoms with Crippen LogP contribution >= 0.6 is 11.6 Å². The lowest BCUT2D eigenvalue weighted by molar-refractivity contribution is 0.102. The number of carbonyl (C=O) groups excluding carboxylic acids is 1. The Morgan fingerprint density at radius 2 is 1.97 bits per heavy atom. The normalized spacial score (nSPS) is 15.5. The second-order valence-electron chi connectivity index (χ2n) is 7.26. The van der Waals surface area contributed by atoms with Gasteiger partial charge in [0.05, 0.1) is 34.3 Å². The molecule has 0 radical (unpaired) electrons. The number of amides is 1. The van der Waals surface area contributed by atoms with Gasteiger partial charge in [-0.15, -0.1) is 0 Å². The minimum absolute atomic E-state index is 0.0420. The zero-order chi connectivity index (χ0) is 23.8. The topological polar surface area (TPSA) is 122 Å². The van der Waals surface area contributed by atoms with Crippen molar-refractivity contribution >= 4 is 44.6 Å². The molecule has 0 aliphatic carbocycles. The molecular weight excluding hydrogens is 473 g/mol. The van der Waals surface area contributed by atoms with E-state index < -0.39 is 34.5 Å². The average molecular weight is 492 g/mol. The van der Waals surface area contributed by atoms with E-state index in [0.29, 0.717) is 0 Å². The van der Waals surface area contributed by atoms with Crippen LogP contribution in [0.1, 0.15) is 10.4 Å². The first-order valence-electron chi connectivity index (χ1n) is 9.76. The minimum Gasteiger partial charge on any atom is -0.484 e. The molecule has 0 fully saturated rings. The van der Waals surface area contributed by atoms with E-state index in [-0.39, 0.29) is 44.8 Å². The van der Waals surface area contributed by atoms with Crippen LogP contribution in [0.15, 0.2) is 65.6 Å². The molecule has 172 valence electrons. The monoisotopic (exact) mass is 491 g/mol. The third kappa shape index (κ3) is 4.45. The Balaban J connectivity index is 1.73. The molecule has 0 spiro atoms. The predicted molar refractivity (Wildman–Crippen MR) is 123 cm³/mol. The van der Waals surface area contributed by atoms with Crippen LogP contribution < -0.4 is 20.1 Å². The van der Waals surface area contributed by atoms with E-state index >= 15 is 0 Å². The highest BCUT2D eigenvalue weighted by Crippen LogP contribution is 2.39. The van der Waals surface area contributed by atoms with Crippen molar-refractivity contribution in [2.75, 3.05) is 28.5 Å². The fourth-order valence-corrected chi connectivity index (χ4v) is 5.23. The maximum Gasteiger partial charge on any atom is 0.264 e. The molecule has 8 nitrogen and oxygen atoms in total. The Morgan fingerprint density at radius 1 is 1.21 bits per heavy atom. The number of nitrogens with two attached hydrogens (primary N) is 1. The Hall–Kier alpha value is -3.34. The van der Waals surface area contributed by atoms with Crippen LogP contribution in [0, 0.1) is 5.82 Å². The summed E-state index contributed by atoms with van der Waals surface area (Å²) in [4.78, 5) is 12.6. The van der Waals surface area contributed by atoms with Crippen molar-refractivity contribution < 1.29 is 27.4 Å². The van der Waals surface area contributed by atoms with E-state index in [2.05, 4.69) is 5.32 Å². The second-order valence-corrected chi connectivity index (χ2v) is 9.53. The van der Waals surface area contributed by atoms with Crippen LogP contribution in [0.2, 0.25) is 5.02 Å². The lowest BCUT2D eigenvalue weighted by Crippen LogP contribution is -2.45. The number of nitrogen functional groups attached to an aromatic ring is 1. The molecule has 4 N–H and O–H groups in total. The minimum atomic E-state index is -4.08. The molecule has 1 amide bonds. The van der Waals surface area contributed by atoms with Gasteiger partial charge in [-0.2, -0.15) is 0 Å². The molecule has 4 rings (SSSR count). The molecule has 33 heavy (non-hydrogen) atoms. The van der Waals surface area contributed by atoms with Gasteiger partial charge in [-0.1, -0.05) is 23.7 Å². The number of rotatable bonds is 5. The molecule has 11 heteroatoms. The highest BCUT2D eigenvalue weighted by Gasteiger charge is 2.35. The van der Waals surface area contributed by atoms with E-state index in [1.54, 1.807) is 6.07 Å². The van der Waals surface area contributed by atoms with Gasteiger partial charge >= 0.3 is 0 Å². The number of carbonyl (C=O) groups is 1. The van der Waals surface area contributed by atoms with Gasteiger partial charge < -0.3 is 20.9 Å². The smallest absolute Gasteiger partial charge is 0.264 e. The molecule has 1 aliphatic heterocycles. The number of benzene rings is 3. The number of aliphatic hydroxyl groups excluding tert-OH is 1. The molecule has 0 saturated heterocycles. The van der Waals surface area contributed by atoms with Crippen molar-refractivity contribution in [1.29, 1.82) is 0 Å². The standard InChI is InChI=1S/C22H19ClFN3O5S/c23-17-5-2-6-18(24)21(17)22(29)26-14-7-8-20-19(10-14)27(11-15(12-28)32-20)33(30,31)16-4-1-3-13(25)9-16/h1-10,15,28H,11-12,25H2,(H,26,29)/t15-/m1/s1. The largest absolute Gasteiger partial charge is 0.484 e. The molecule has 3 aromatic rings. The predicted octanol–water partition coefficient (Wildman–Crippen LogP) is 3.26. The molecule has 1 atom stereocenters. The Labute approximate surface area is 194 Å². The van der Waals surface area contributed by atoms with Crippen molar-refractivity contribution in [1.82, 2.24) is 0 Å². The van der Waals surface area contributed by atoms with Gasteiger partial charge in [0.15, 0.2) is 0 Å². The number of anilines is 3.